The molecule has 0 radical (unpaired) electrons. The third kappa shape index (κ3) is 4.08. The number of rotatable bonds is 5. The summed E-state index contributed by atoms with van der Waals surface area (Å²) >= 11 is 4.64. The molecule has 2 aromatic heterocycles. The van der Waals surface area contributed by atoms with Crippen LogP contribution in [-0.4, -0.2) is 9.55 Å². The summed E-state index contributed by atoms with van der Waals surface area (Å²) in [5.41, 5.74) is 4.86. The van der Waals surface area contributed by atoms with E-state index in [-0.39, 0.29) is 11.5 Å². The number of pyridine rings is 1. The quantitative estimate of drug-likeness (QED) is 0.517. The highest BCUT2D eigenvalue weighted by Gasteiger charge is 2.20. The van der Waals surface area contributed by atoms with Crippen LogP contribution in [0.15, 0.2) is 47.5 Å². The number of thiol groups is 1. The van der Waals surface area contributed by atoms with Gasteiger partial charge in [0.2, 0.25) is 0 Å². The maximum Gasteiger partial charge on any atom is 0.129 e. The topological polar surface area (TPSA) is 17.8 Å². The monoisotopic (exact) mass is 386 g/mol. The Morgan fingerprint density at radius 2 is 1.93 bits per heavy atom. The lowest BCUT2D eigenvalue weighted by Crippen LogP contribution is -2.04. The Kier molecular flexibility index (Phi) is 5.70. The number of halogens is 2. The van der Waals surface area contributed by atoms with Gasteiger partial charge in [0.05, 0.1) is 5.69 Å². The Bertz CT molecular complexity index is 963. The molecule has 0 saturated heterocycles. The Hall–Kier alpha value is -2.14. The Morgan fingerprint density at radius 1 is 1.19 bits per heavy atom. The van der Waals surface area contributed by atoms with Crippen molar-refractivity contribution in [1.29, 1.82) is 0 Å². The van der Waals surface area contributed by atoms with E-state index in [9.17, 15) is 8.78 Å². The van der Waals surface area contributed by atoms with Crippen molar-refractivity contribution in [3.8, 4) is 11.3 Å². The van der Waals surface area contributed by atoms with E-state index in [1.807, 2.05) is 42.9 Å². The molecule has 0 amide bonds. The second-order valence-electron chi connectivity index (χ2n) is 7.11. The molecule has 2 atom stereocenters. The van der Waals surface area contributed by atoms with Crippen molar-refractivity contribution in [1.82, 2.24) is 9.55 Å². The van der Waals surface area contributed by atoms with Gasteiger partial charge in [0.1, 0.15) is 12.0 Å². The van der Waals surface area contributed by atoms with E-state index in [1.165, 1.54) is 13.0 Å². The third-order valence-corrected chi connectivity index (χ3v) is 5.27. The van der Waals surface area contributed by atoms with E-state index in [0.717, 1.165) is 39.5 Å². The van der Waals surface area contributed by atoms with Gasteiger partial charge in [-0.2, -0.15) is 0 Å². The van der Waals surface area contributed by atoms with Gasteiger partial charge >= 0.3 is 0 Å². The molecule has 3 aromatic rings. The van der Waals surface area contributed by atoms with E-state index in [4.69, 9.17) is 0 Å². The van der Waals surface area contributed by atoms with Crippen LogP contribution in [0.25, 0.3) is 11.3 Å². The molecule has 2 heterocycles. The standard InChI is InChI=1S/C22H24F2N2S/c1-13(20-7-5-6-14(2)25-20)10-18-21(27)12-26(4)22(18)16-8-9-19(24)17(11-16)15(3)23/h5-9,11-13,15,27H,10H2,1-4H3. The van der Waals surface area contributed by atoms with E-state index in [2.05, 4.69) is 24.5 Å². The molecule has 2 nitrogen and oxygen atoms in total. The zero-order chi connectivity index (χ0) is 19.7. The maximum absolute atomic E-state index is 13.9. The number of hydrogen-bond donors (Lipinski definition) is 1. The fourth-order valence-corrected chi connectivity index (χ4v) is 3.85. The number of aryl methyl sites for hydroxylation is 2. The normalized spacial score (nSPS) is 13.6. The molecule has 0 aliphatic rings. The summed E-state index contributed by atoms with van der Waals surface area (Å²) in [5.74, 6) is -0.329. The first-order valence-electron chi connectivity index (χ1n) is 9.02. The van der Waals surface area contributed by atoms with Crippen molar-refractivity contribution >= 4 is 12.6 Å². The molecule has 3 rings (SSSR count). The summed E-state index contributed by atoms with van der Waals surface area (Å²) in [7, 11) is 1.93. The predicted octanol–water partition coefficient (Wildman–Crippen LogP) is 6.20. The molecule has 5 heteroatoms. The number of alkyl halides is 1. The minimum absolute atomic E-state index is 0.0776. The van der Waals surface area contributed by atoms with Crippen molar-refractivity contribution < 1.29 is 8.78 Å². The first-order chi connectivity index (χ1) is 12.8. The van der Waals surface area contributed by atoms with Crippen molar-refractivity contribution in [2.75, 3.05) is 0 Å². The lowest BCUT2D eigenvalue weighted by molar-refractivity contribution is 0.361. The zero-order valence-corrected chi connectivity index (χ0v) is 16.9. The van der Waals surface area contributed by atoms with Crippen LogP contribution < -0.4 is 0 Å². The Balaban J connectivity index is 2.03. The predicted molar refractivity (Wildman–Crippen MR) is 109 cm³/mol. The molecule has 0 saturated carbocycles. The van der Waals surface area contributed by atoms with Crippen LogP contribution in [0.2, 0.25) is 0 Å². The number of nitrogens with zero attached hydrogens (tertiary/aromatic N) is 2. The van der Waals surface area contributed by atoms with Crippen LogP contribution in [0.5, 0.6) is 0 Å². The summed E-state index contributed by atoms with van der Waals surface area (Å²) in [6, 6.07) is 10.6. The van der Waals surface area contributed by atoms with Crippen LogP contribution in [0.1, 0.15) is 48.5 Å². The van der Waals surface area contributed by atoms with Gasteiger partial charge in [-0.15, -0.1) is 12.6 Å². The number of aromatic nitrogens is 2. The molecular weight excluding hydrogens is 362 g/mol. The molecule has 1 aromatic carbocycles. The summed E-state index contributed by atoms with van der Waals surface area (Å²) in [6.07, 6.45) is 1.31. The van der Waals surface area contributed by atoms with Gasteiger partial charge in [-0.3, -0.25) is 4.98 Å². The molecule has 0 N–H and O–H groups in total. The molecule has 27 heavy (non-hydrogen) atoms. The summed E-state index contributed by atoms with van der Waals surface area (Å²) in [5, 5.41) is 0. The van der Waals surface area contributed by atoms with E-state index in [1.54, 1.807) is 12.1 Å². The van der Waals surface area contributed by atoms with Gasteiger partial charge in [-0.1, -0.05) is 13.0 Å². The SMILES string of the molecule is Cc1cccc(C(C)Cc2c(S)cn(C)c2-c2ccc(F)c(C(C)F)c2)n1. The van der Waals surface area contributed by atoms with Crippen molar-refractivity contribution in [3.63, 3.8) is 0 Å². The molecule has 0 aliphatic heterocycles. The van der Waals surface area contributed by atoms with E-state index < -0.39 is 12.0 Å². The van der Waals surface area contributed by atoms with Crippen molar-refractivity contribution in [2.45, 2.75) is 44.2 Å². The third-order valence-electron chi connectivity index (χ3n) is 4.89. The smallest absolute Gasteiger partial charge is 0.129 e. The van der Waals surface area contributed by atoms with Crippen LogP contribution in [0.3, 0.4) is 0 Å². The van der Waals surface area contributed by atoms with Crippen LogP contribution in [0.4, 0.5) is 8.78 Å². The van der Waals surface area contributed by atoms with E-state index >= 15 is 0 Å². The lowest BCUT2D eigenvalue weighted by Gasteiger charge is -2.15. The number of benzene rings is 1. The average molecular weight is 387 g/mol. The highest BCUT2D eigenvalue weighted by atomic mass is 32.1. The fourth-order valence-electron chi connectivity index (χ4n) is 3.48. The summed E-state index contributed by atoms with van der Waals surface area (Å²) < 4.78 is 29.7. The second-order valence-corrected chi connectivity index (χ2v) is 7.60. The molecular formula is C22H24F2N2S. The Morgan fingerprint density at radius 3 is 2.59 bits per heavy atom. The largest absolute Gasteiger partial charge is 0.349 e. The second kappa shape index (κ2) is 7.85. The highest BCUT2D eigenvalue weighted by molar-refractivity contribution is 7.80. The Labute approximate surface area is 164 Å². The van der Waals surface area contributed by atoms with Crippen molar-refractivity contribution in [2.24, 2.45) is 7.05 Å². The molecule has 0 spiro atoms. The van der Waals surface area contributed by atoms with Gasteiger partial charge < -0.3 is 4.57 Å². The number of hydrogen-bond acceptors (Lipinski definition) is 2. The van der Waals surface area contributed by atoms with Gasteiger partial charge in [-0.25, -0.2) is 8.78 Å². The van der Waals surface area contributed by atoms with Crippen LogP contribution in [-0.2, 0) is 13.5 Å². The lowest BCUT2D eigenvalue weighted by atomic mass is 9.94. The maximum atomic E-state index is 13.9. The molecule has 0 aliphatic carbocycles. The average Bonchev–Trinajstić information content (AvgIpc) is 2.88. The van der Waals surface area contributed by atoms with Gasteiger partial charge in [-0.05, 0) is 61.7 Å². The van der Waals surface area contributed by atoms with Crippen LogP contribution in [0, 0.1) is 12.7 Å². The molecule has 0 bridgehead atoms. The first kappa shape index (κ1) is 19.6. The minimum atomic E-state index is -1.36. The summed E-state index contributed by atoms with van der Waals surface area (Å²) in [6.45, 7) is 5.46. The first-order valence-corrected chi connectivity index (χ1v) is 9.47. The fraction of sp³-hybridized carbons (Fsp3) is 0.318. The molecule has 0 fully saturated rings. The van der Waals surface area contributed by atoms with Gasteiger partial charge in [0.25, 0.3) is 0 Å². The summed E-state index contributed by atoms with van der Waals surface area (Å²) in [4.78, 5) is 5.49. The minimum Gasteiger partial charge on any atom is -0.349 e. The molecule has 2 unspecified atom stereocenters. The molecule has 142 valence electrons. The zero-order valence-electron chi connectivity index (χ0n) is 16.0. The van der Waals surface area contributed by atoms with E-state index in [0.29, 0.717) is 0 Å². The van der Waals surface area contributed by atoms with Crippen molar-refractivity contribution in [3.05, 3.63) is 70.9 Å². The highest BCUT2D eigenvalue weighted by Crippen LogP contribution is 2.35. The van der Waals surface area contributed by atoms with Gasteiger partial charge in [0, 0.05) is 41.0 Å². The van der Waals surface area contributed by atoms with Crippen LogP contribution >= 0.6 is 12.6 Å². The van der Waals surface area contributed by atoms with Gasteiger partial charge in [0.15, 0.2) is 0 Å².